The molecule has 19 heavy (non-hydrogen) atoms. The van der Waals surface area contributed by atoms with Gasteiger partial charge in [-0.1, -0.05) is 6.08 Å². The van der Waals surface area contributed by atoms with Gasteiger partial charge in [0, 0.05) is 38.3 Å². The molecule has 0 spiro atoms. The van der Waals surface area contributed by atoms with Gasteiger partial charge in [0.2, 0.25) is 0 Å². The van der Waals surface area contributed by atoms with Crippen LogP contribution in [-0.4, -0.2) is 65.8 Å². The van der Waals surface area contributed by atoms with Crippen molar-refractivity contribution >= 4 is 6.03 Å². The molecule has 0 unspecified atom stereocenters. The normalized spacial score (nSPS) is 21.1. The van der Waals surface area contributed by atoms with Crippen LogP contribution < -0.4 is 5.32 Å². The van der Waals surface area contributed by atoms with Crippen LogP contribution in [-0.2, 0) is 0 Å². The summed E-state index contributed by atoms with van der Waals surface area (Å²) in [5.41, 5.74) is 0. The summed E-state index contributed by atoms with van der Waals surface area (Å²) in [6, 6.07) is 0.625. The molecule has 0 radical (unpaired) electrons. The zero-order valence-corrected chi connectivity index (χ0v) is 11.6. The van der Waals surface area contributed by atoms with Gasteiger partial charge in [-0.25, -0.2) is 4.79 Å². The molecule has 0 atom stereocenters. The maximum Gasteiger partial charge on any atom is 0.317 e. The molecule has 2 rings (SSSR count). The second kappa shape index (κ2) is 6.91. The molecule has 5 nitrogen and oxygen atoms in total. The quantitative estimate of drug-likeness (QED) is 0.700. The van der Waals surface area contributed by atoms with E-state index in [0.717, 1.165) is 45.3 Å². The Morgan fingerprint density at radius 1 is 1.37 bits per heavy atom. The highest BCUT2D eigenvalue weighted by atomic mass is 16.3. The summed E-state index contributed by atoms with van der Waals surface area (Å²) in [4.78, 5) is 16.3. The van der Waals surface area contributed by atoms with Gasteiger partial charge < -0.3 is 15.3 Å². The van der Waals surface area contributed by atoms with E-state index in [2.05, 4.69) is 16.8 Å². The molecule has 2 amide bonds. The molecule has 2 fully saturated rings. The van der Waals surface area contributed by atoms with Crippen molar-refractivity contribution in [3.05, 3.63) is 12.7 Å². The highest BCUT2D eigenvalue weighted by Gasteiger charge is 2.33. The summed E-state index contributed by atoms with van der Waals surface area (Å²) >= 11 is 0. The van der Waals surface area contributed by atoms with Crippen molar-refractivity contribution in [3.63, 3.8) is 0 Å². The number of carbonyl (C=O) groups is 1. The maximum atomic E-state index is 12.2. The standard InChI is InChI=1S/C14H25N3O2/c1-2-7-16-8-5-12(6-9-16)15-14(19)17(10-11-18)13-3-4-13/h2,12-13,18H,1,3-11H2,(H,15,19). The first-order chi connectivity index (χ1) is 9.24. The SMILES string of the molecule is C=CCN1CCC(NC(=O)N(CCO)C2CC2)CC1. The Balaban J connectivity index is 1.74. The van der Waals surface area contributed by atoms with Gasteiger partial charge >= 0.3 is 6.03 Å². The van der Waals surface area contributed by atoms with Gasteiger partial charge in [-0.2, -0.15) is 0 Å². The van der Waals surface area contributed by atoms with Crippen LogP contribution in [0.4, 0.5) is 4.79 Å². The minimum Gasteiger partial charge on any atom is -0.395 e. The number of hydrogen-bond donors (Lipinski definition) is 2. The van der Waals surface area contributed by atoms with Crippen LogP contribution in [0.3, 0.4) is 0 Å². The Morgan fingerprint density at radius 3 is 2.58 bits per heavy atom. The van der Waals surface area contributed by atoms with Crippen LogP contribution in [0.1, 0.15) is 25.7 Å². The van der Waals surface area contributed by atoms with Crippen LogP contribution in [0.5, 0.6) is 0 Å². The minimum atomic E-state index is -0.00118. The van der Waals surface area contributed by atoms with E-state index in [1.54, 1.807) is 4.90 Å². The van der Waals surface area contributed by atoms with Crippen molar-refractivity contribution in [2.45, 2.75) is 37.8 Å². The van der Waals surface area contributed by atoms with Crippen molar-refractivity contribution in [2.24, 2.45) is 0 Å². The van der Waals surface area contributed by atoms with Crippen molar-refractivity contribution in [3.8, 4) is 0 Å². The second-order valence-electron chi connectivity index (χ2n) is 5.46. The number of amides is 2. The van der Waals surface area contributed by atoms with Crippen molar-refractivity contribution in [1.29, 1.82) is 0 Å². The number of nitrogens with zero attached hydrogens (tertiary/aromatic N) is 2. The topological polar surface area (TPSA) is 55.8 Å². The van der Waals surface area contributed by atoms with Gasteiger partial charge in [-0.3, -0.25) is 4.90 Å². The third kappa shape index (κ3) is 4.21. The molecule has 2 N–H and O–H groups in total. The van der Waals surface area contributed by atoms with Gasteiger partial charge in [0.05, 0.1) is 6.61 Å². The van der Waals surface area contributed by atoms with Crippen molar-refractivity contribution in [1.82, 2.24) is 15.1 Å². The molecule has 1 aliphatic heterocycles. The van der Waals surface area contributed by atoms with Crippen LogP contribution in [0.25, 0.3) is 0 Å². The molecule has 2 aliphatic rings. The predicted molar refractivity (Wildman–Crippen MR) is 75.0 cm³/mol. The zero-order valence-electron chi connectivity index (χ0n) is 11.6. The van der Waals surface area contributed by atoms with Crippen LogP contribution in [0.15, 0.2) is 12.7 Å². The van der Waals surface area contributed by atoms with Crippen LogP contribution in [0, 0.1) is 0 Å². The lowest BCUT2D eigenvalue weighted by molar-refractivity contribution is 0.160. The minimum absolute atomic E-state index is 0.00118. The smallest absolute Gasteiger partial charge is 0.317 e. The number of hydrogen-bond acceptors (Lipinski definition) is 3. The molecule has 0 bridgehead atoms. The summed E-state index contributed by atoms with van der Waals surface area (Å²) in [7, 11) is 0. The average molecular weight is 267 g/mol. The lowest BCUT2D eigenvalue weighted by atomic mass is 10.1. The Labute approximate surface area is 115 Å². The van der Waals surface area contributed by atoms with Gasteiger partial charge in [-0.05, 0) is 25.7 Å². The summed E-state index contributed by atoms with van der Waals surface area (Å²) in [6.45, 7) is 7.20. The first kappa shape index (κ1) is 14.3. The monoisotopic (exact) mass is 267 g/mol. The third-order valence-corrected chi connectivity index (χ3v) is 3.89. The number of rotatable bonds is 6. The van der Waals surface area contributed by atoms with E-state index in [1.165, 1.54) is 0 Å². The van der Waals surface area contributed by atoms with E-state index in [-0.39, 0.29) is 18.7 Å². The maximum absolute atomic E-state index is 12.2. The zero-order chi connectivity index (χ0) is 13.7. The molecule has 5 heteroatoms. The van der Waals surface area contributed by atoms with E-state index in [1.807, 2.05) is 6.08 Å². The fraction of sp³-hybridized carbons (Fsp3) is 0.786. The van der Waals surface area contributed by atoms with Gasteiger partial charge in [0.1, 0.15) is 0 Å². The lowest BCUT2D eigenvalue weighted by Crippen LogP contribution is -2.50. The van der Waals surface area contributed by atoms with Gasteiger partial charge in [-0.15, -0.1) is 6.58 Å². The lowest BCUT2D eigenvalue weighted by Gasteiger charge is -2.33. The first-order valence-electron chi connectivity index (χ1n) is 7.26. The van der Waals surface area contributed by atoms with E-state index < -0.39 is 0 Å². The number of aliphatic hydroxyl groups is 1. The number of likely N-dealkylation sites (tertiary alicyclic amines) is 1. The Morgan fingerprint density at radius 2 is 2.05 bits per heavy atom. The molecular weight excluding hydrogens is 242 g/mol. The summed E-state index contributed by atoms with van der Waals surface area (Å²) < 4.78 is 0. The van der Waals surface area contributed by atoms with E-state index >= 15 is 0 Å². The highest BCUT2D eigenvalue weighted by molar-refractivity contribution is 5.75. The number of carbonyl (C=O) groups excluding carboxylic acids is 1. The summed E-state index contributed by atoms with van der Waals surface area (Å²) in [5.74, 6) is 0. The molecule has 0 aromatic heterocycles. The first-order valence-corrected chi connectivity index (χ1v) is 7.26. The molecule has 1 heterocycles. The average Bonchev–Trinajstić information content (AvgIpc) is 3.23. The molecule has 0 aromatic rings. The fourth-order valence-corrected chi connectivity index (χ4v) is 2.64. The molecule has 0 aromatic carbocycles. The molecule has 1 saturated carbocycles. The van der Waals surface area contributed by atoms with Gasteiger partial charge in [0.15, 0.2) is 0 Å². The van der Waals surface area contributed by atoms with Gasteiger partial charge in [0.25, 0.3) is 0 Å². The van der Waals surface area contributed by atoms with Crippen molar-refractivity contribution in [2.75, 3.05) is 32.8 Å². The Bertz CT molecular complexity index is 310. The summed E-state index contributed by atoms with van der Waals surface area (Å²) in [5, 5.41) is 12.1. The third-order valence-electron chi connectivity index (χ3n) is 3.89. The fourth-order valence-electron chi connectivity index (χ4n) is 2.64. The number of urea groups is 1. The Hall–Kier alpha value is -1.07. The predicted octanol–water partition coefficient (Wildman–Crippen LogP) is 0.803. The van der Waals surface area contributed by atoms with E-state index in [0.29, 0.717) is 12.6 Å². The van der Waals surface area contributed by atoms with Crippen molar-refractivity contribution < 1.29 is 9.90 Å². The Kier molecular flexibility index (Phi) is 5.22. The highest BCUT2D eigenvalue weighted by Crippen LogP contribution is 2.26. The van der Waals surface area contributed by atoms with Crippen LogP contribution >= 0.6 is 0 Å². The van der Waals surface area contributed by atoms with Crippen LogP contribution in [0.2, 0.25) is 0 Å². The molecule has 1 saturated heterocycles. The molecular formula is C14H25N3O2. The largest absolute Gasteiger partial charge is 0.395 e. The van der Waals surface area contributed by atoms with E-state index in [9.17, 15) is 4.79 Å². The number of nitrogens with one attached hydrogen (secondary N) is 1. The van der Waals surface area contributed by atoms with E-state index in [4.69, 9.17) is 5.11 Å². The second-order valence-corrected chi connectivity index (χ2v) is 5.46. The molecule has 108 valence electrons. The summed E-state index contributed by atoms with van der Waals surface area (Å²) in [6.07, 6.45) is 6.07. The molecule has 1 aliphatic carbocycles. The number of aliphatic hydroxyl groups excluding tert-OH is 1. The number of piperidine rings is 1.